The summed E-state index contributed by atoms with van der Waals surface area (Å²) in [5, 5.41) is 9.86. The average Bonchev–Trinajstić information content (AvgIpc) is 3.20. The number of aromatic nitrogens is 2. The number of hydrogen-bond acceptors (Lipinski definition) is 4. The van der Waals surface area contributed by atoms with Gasteiger partial charge >= 0.3 is 0 Å². The first-order chi connectivity index (χ1) is 10.3. The quantitative estimate of drug-likeness (QED) is 0.810. The molecule has 6 heteroatoms. The van der Waals surface area contributed by atoms with Crippen molar-refractivity contribution in [3.63, 3.8) is 0 Å². The van der Waals surface area contributed by atoms with Crippen molar-refractivity contribution in [1.29, 1.82) is 0 Å². The lowest BCUT2D eigenvalue weighted by Gasteiger charge is -2.27. The summed E-state index contributed by atoms with van der Waals surface area (Å²) in [7, 11) is 0. The van der Waals surface area contributed by atoms with Crippen molar-refractivity contribution in [2.24, 2.45) is 0 Å². The zero-order valence-electron chi connectivity index (χ0n) is 12.4. The number of hydrogen-bond donors (Lipinski definition) is 2. The maximum absolute atomic E-state index is 12.1. The Morgan fingerprint density at radius 2 is 2.29 bits per heavy atom. The second-order valence-corrected chi connectivity index (χ2v) is 5.98. The molecule has 21 heavy (non-hydrogen) atoms. The van der Waals surface area contributed by atoms with Crippen LogP contribution in [0, 0.1) is 0 Å². The molecule has 1 aromatic rings. The largest absolute Gasteiger partial charge is 0.378 e. The first-order valence-electron chi connectivity index (χ1n) is 7.92. The van der Waals surface area contributed by atoms with Crippen molar-refractivity contribution in [3.8, 4) is 0 Å². The molecule has 0 aliphatic carbocycles. The highest BCUT2D eigenvalue weighted by molar-refractivity contribution is 5.76. The van der Waals surface area contributed by atoms with Crippen LogP contribution >= 0.6 is 0 Å². The third-order valence-corrected chi connectivity index (χ3v) is 4.43. The minimum absolute atomic E-state index is 0.137. The molecular formula is C15H24N4O2. The van der Waals surface area contributed by atoms with E-state index in [9.17, 15) is 4.79 Å². The van der Waals surface area contributed by atoms with Crippen molar-refractivity contribution in [2.75, 3.05) is 26.3 Å². The minimum Gasteiger partial charge on any atom is -0.378 e. The van der Waals surface area contributed by atoms with Gasteiger partial charge in [-0.2, -0.15) is 5.10 Å². The predicted molar refractivity (Wildman–Crippen MR) is 78.9 cm³/mol. The number of aromatic amines is 1. The number of carbonyl (C=O) groups excluding carboxylic acids is 1. The summed E-state index contributed by atoms with van der Waals surface area (Å²) in [6, 6.07) is 0.523. The summed E-state index contributed by atoms with van der Waals surface area (Å²) in [5.41, 5.74) is 1.15. The topological polar surface area (TPSA) is 70.2 Å². The van der Waals surface area contributed by atoms with Gasteiger partial charge in [-0.3, -0.25) is 14.8 Å². The van der Waals surface area contributed by atoms with Gasteiger partial charge in [0.05, 0.1) is 31.5 Å². The summed E-state index contributed by atoms with van der Waals surface area (Å²) in [5.74, 6) is 0.137. The molecule has 0 aromatic carbocycles. The highest BCUT2D eigenvalue weighted by atomic mass is 16.5. The van der Waals surface area contributed by atoms with E-state index in [4.69, 9.17) is 4.74 Å². The van der Waals surface area contributed by atoms with Gasteiger partial charge in [-0.15, -0.1) is 0 Å². The van der Waals surface area contributed by atoms with Gasteiger partial charge in [-0.05, 0) is 44.3 Å². The zero-order chi connectivity index (χ0) is 14.5. The molecule has 3 heterocycles. The highest BCUT2D eigenvalue weighted by Gasteiger charge is 2.34. The Balaban J connectivity index is 1.41. The lowest BCUT2D eigenvalue weighted by Crippen LogP contribution is -2.50. The molecule has 116 valence electrons. The molecule has 2 N–H and O–H groups in total. The number of aryl methyl sites for hydroxylation is 1. The fourth-order valence-corrected chi connectivity index (χ4v) is 3.26. The van der Waals surface area contributed by atoms with Crippen LogP contribution in [-0.4, -0.2) is 59.4 Å². The molecule has 2 fully saturated rings. The minimum atomic E-state index is 0.137. The fraction of sp³-hybridized carbons (Fsp3) is 0.733. The molecule has 0 spiro atoms. The third-order valence-electron chi connectivity index (χ3n) is 4.43. The van der Waals surface area contributed by atoms with Gasteiger partial charge < -0.3 is 10.1 Å². The van der Waals surface area contributed by atoms with Crippen LogP contribution in [0.1, 0.15) is 31.2 Å². The van der Waals surface area contributed by atoms with Crippen molar-refractivity contribution >= 4 is 5.91 Å². The van der Waals surface area contributed by atoms with Crippen molar-refractivity contribution in [3.05, 3.63) is 18.0 Å². The second-order valence-electron chi connectivity index (χ2n) is 5.98. The van der Waals surface area contributed by atoms with Crippen LogP contribution in [0.5, 0.6) is 0 Å². The molecule has 3 rings (SSSR count). The molecule has 1 amide bonds. The number of carbonyl (C=O) groups is 1. The van der Waals surface area contributed by atoms with E-state index in [0.29, 0.717) is 19.1 Å². The van der Waals surface area contributed by atoms with E-state index in [1.807, 2.05) is 12.4 Å². The van der Waals surface area contributed by atoms with E-state index < -0.39 is 0 Å². The van der Waals surface area contributed by atoms with E-state index in [1.54, 1.807) is 0 Å². The molecule has 0 saturated carbocycles. The van der Waals surface area contributed by atoms with Crippen LogP contribution in [-0.2, 0) is 16.0 Å². The van der Waals surface area contributed by atoms with Gasteiger partial charge in [-0.1, -0.05) is 0 Å². The first-order valence-corrected chi connectivity index (χ1v) is 7.92. The fourth-order valence-electron chi connectivity index (χ4n) is 3.26. The van der Waals surface area contributed by atoms with Gasteiger partial charge in [0, 0.05) is 12.6 Å². The standard InChI is InChI=1S/C15H24N4O2/c20-15(5-3-4-12-8-16-17-9-12)18-13-10-21-11-14(13)19-6-1-2-7-19/h8-9,13-14H,1-7,10-11H2,(H,16,17)(H,18,20)/t13-,14-/m0/s1. The van der Waals surface area contributed by atoms with E-state index in [1.165, 1.54) is 12.8 Å². The summed E-state index contributed by atoms with van der Waals surface area (Å²) in [4.78, 5) is 14.5. The van der Waals surface area contributed by atoms with Crippen LogP contribution in [0.2, 0.25) is 0 Å². The molecule has 2 saturated heterocycles. The van der Waals surface area contributed by atoms with E-state index in [-0.39, 0.29) is 11.9 Å². The Kier molecular flexibility index (Phi) is 4.87. The number of rotatable bonds is 6. The molecule has 1 aromatic heterocycles. The Hall–Kier alpha value is -1.40. The zero-order valence-corrected chi connectivity index (χ0v) is 12.4. The summed E-state index contributed by atoms with van der Waals surface area (Å²) >= 11 is 0. The number of nitrogens with zero attached hydrogens (tertiary/aromatic N) is 2. The summed E-state index contributed by atoms with van der Waals surface area (Å²) < 4.78 is 5.58. The van der Waals surface area contributed by atoms with Gasteiger partial charge in [0.2, 0.25) is 5.91 Å². The highest BCUT2D eigenvalue weighted by Crippen LogP contribution is 2.19. The molecule has 0 radical (unpaired) electrons. The second kappa shape index (κ2) is 7.04. The molecule has 2 atom stereocenters. The van der Waals surface area contributed by atoms with Gasteiger partial charge in [0.1, 0.15) is 0 Å². The number of H-pyrrole nitrogens is 1. The number of nitrogens with one attached hydrogen (secondary N) is 2. The predicted octanol–water partition coefficient (Wildman–Crippen LogP) is 0.712. The Labute approximate surface area is 125 Å². The molecule has 6 nitrogen and oxygen atoms in total. The van der Waals surface area contributed by atoms with Gasteiger partial charge in [0.15, 0.2) is 0 Å². The van der Waals surface area contributed by atoms with Crippen molar-refractivity contribution in [1.82, 2.24) is 20.4 Å². The molecule has 2 aliphatic heterocycles. The van der Waals surface area contributed by atoms with E-state index in [2.05, 4.69) is 20.4 Å². The van der Waals surface area contributed by atoms with Crippen LogP contribution in [0.3, 0.4) is 0 Å². The SMILES string of the molecule is O=C(CCCc1cn[nH]c1)N[C@H]1COC[C@@H]1N1CCCC1. The third kappa shape index (κ3) is 3.83. The van der Waals surface area contributed by atoms with Crippen LogP contribution in [0.4, 0.5) is 0 Å². The van der Waals surface area contributed by atoms with Gasteiger partial charge in [-0.25, -0.2) is 0 Å². The maximum Gasteiger partial charge on any atom is 0.220 e. The van der Waals surface area contributed by atoms with E-state index in [0.717, 1.165) is 38.1 Å². The van der Waals surface area contributed by atoms with Crippen LogP contribution < -0.4 is 5.32 Å². The van der Waals surface area contributed by atoms with Gasteiger partial charge in [0.25, 0.3) is 0 Å². The monoisotopic (exact) mass is 292 g/mol. The molecule has 0 unspecified atom stereocenters. The van der Waals surface area contributed by atoms with Crippen molar-refractivity contribution < 1.29 is 9.53 Å². The number of ether oxygens (including phenoxy) is 1. The average molecular weight is 292 g/mol. The normalized spacial score (nSPS) is 26.3. The lowest BCUT2D eigenvalue weighted by atomic mass is 10.1. The Morgan fingerprint density at radius 1 is 1.43 bits per heavy atom. The number of likely N-dealkylation sites (tertiary alicyclic amines) is 1. The lowest BCUT2D eigenvalue weighted by molar-refractivity contribution is -0.122. The number of amides is 1. The molecular weight excluding hydrogens is 268 g/mol. The first kappa shape index (κ1) is 14.5. The summed E-state index contributed by atoms with van der Waals surface area (Å²) in [6.07, 6.45) is 8.53. The Morgan fingerprint density at radius 3 is 3.05 bits per heavy atom. The van der Waals surface area contributed by atoms with Crippen LogP contribution in [0.15, 0.2) is 12.4 Å². The maximum atomic E-state index is 12.1. The molecule has 2 aliphatic rings. The Bertz CT molecular complexity index is 443. The van der Waals surface area contributed by atoms with Crippen molar-refractivity contribution in [2.45, 2.75) is 44.2 Å². The van der Waals surface area contributed by atoms with Crippen LogP contribution in [0.25, 0.3) is 0 Å². The summed E-state index contributed by atoms with van der Waals surface area (Å²) in [6.45, 7) is 3.68. The van der Waals surface area contributed by atoms with E-state index >= 15 is 0 Å². The smallest absolute Gasteiger partial charge is 0.220 e. The molecule has 0 bridgehead atoms.